The number of nitrogens with two attached hydrogens (primary N) is 1. The maximum absolute atomic E-state index is 12.8. The topological polar surface area (TPSA) is 84.4 Å². The van der Waals surface area contributed by atoms with E-state index >= 15 is 0 Å². The van der Waals surface area contributed by atoms with E-state index in [0.29, 0.717) is 25.2 Å². The quantitative estimate of drug-likeness (QED) is 0.876. The molecule has 22 heavy (non-hydrogen) atoms. The minimum Gasteiger partial charge on any atom is -0.396 e. The molecule has 0 radical (unpaired) electrons. The van der Waals surface area contributed by atoms with Gasteiger partial charge in [0.25, 0.3) is 5.91 Å². The van der Waals surface area contributed by atoms with Crippen LogP contribution in [0.25, 0.3) is 10.9 Å². The standard InChI is InChI=1S/C16H22N4O2/c1-19-9-13-12(3-2-4-14(13)18-19)15(22)20-7-5-16(10-17,11-21)6-8-20/h2-4,9,21H,5-8,10-11,17H2,1H3. The predicted molar refractivity (Wildman–Crippen MR) is 84.4 cm³/mol. The van der Waals surface area contributed by atoms with Crippen LogP contribution in [0.4, 0.5) is 0 Å². The lowest BCUT2D eigenvalue weighted by Gasteiger charge is -2.40. The van der Waals surface area contributed by atoms with Crippen LogP contribution in [0.5, 0.6) is 0 Å². The largest absolute Gasteiger partial charge is 0.396 e. The average molecular weight is 302 g/mol. The number of amides is 1. The molecule has 1 aliphatic heterocycles. The second-order valence-corrected chi connectivity index (χ2v) is 6.20. The van der Waals surface area contributed by atoms with Crippen LogP contribution < -0.4 is 5.73 Å². The Kier molecular flexibility index (Phi) is 3.88. The highest BCUT2D eigenvalue weighted by Gasteiger charge is 2.34. The van der Waals surface area contributed by atoms with Gasteiger partial charge in [0.2, 0.25) is 0 Å². The van der Waals surface area contributed by atoms with E-state index in [4.69, 9.17) is 5.73 Å². The Morgan fingerprint density at radius 2 is 2.14 bits per heavy atom. The van der Waals surface area contributed by atoms with Crippen molar-refractivity contribution in [3.05, 3.63) is 30.0 Å². The van der Waals surface area contributed by atoms with E-state index in [1.807, 2.05) is 36.3 Å². The summed E-state index contributed by atoms with van der Waals surface area (Å²) in [6.07, 6.45) is 3.37. The number of nitrogens with zero attached hydrogens (tertiary/aromatic N) is 3. The van der Waals surface area contributed by atoms with Gasteiger partial charge in [-0.2, -0.15) is 5.10 Å². The van der Waals surface area contributed by atoms with Gasteiger partial charge < -0.3 is 15.7 Å². The zero-order valence-electron chi connectivity index (χ0n) is 12.8. The molecule has 6 nitrogen and oxygen atoms in total. The van der Waals surface area contributed by atoms with Gasteiger partial charge in [-0.3, -0.25) is 9.48 Å². The van der Waals surface area contributed by atoms with Crippen LogP contribution in [0.2, 0.25) is 0 Å². The van der Waals surface area contributed by atoms with Crippen LogP contribution in [0.1, 0.15) is 23.2 Å². The van der Waals surface area contributed by atoms with Gasteiger partial charge in [0.1, 0.15) is 0 Å². The monoisotopic (exact) mass is 302 g/mol. The number of aromatic nitrogens is 2. The highest BCUT2D eigenvalue weighted by Crippen LogP contribution is 2.31. The molecule has 1 aromatic carbocycles. The molecule has 1 fully saturated rings. The molecule has 118 valence electrons. The SMILES string of the molecule is Cn1cc2c(C(=O)N3CCC(CN)(CO)CC3)cccc2n1. The van der Waals surface area contributed by atoms with Gasteiger partial charge in [0.05, 0.1) is 17.7 Å². The van der Waals surface area contributed by atoms with E-state index in [2.05, 4.69) is 5.10 Å². The third-order valence-corrected chi connectivity index (χ3v) is 4.77. The number of aliphatic hydroxyl groups excluding tert-OH is 1. The summed E-state index contributed by atoms with van der Waals surface area (Å²) >= 11 is 0. The number of carbonyl (C=O) groups excluding carboxylic acids is 1. The number of carbonyl (C=O) groups is 1. The van der Waals surface area contributed by atoms with E-state index < -0.39 is 0 Å². The highest BCUT2D eigenvalue weighted by atomic mass is 16.3. The summed E-state index contributed by atoms with van der Waals surface area (Å²) in [7, 11) is 1.85. The lowest BCUT2D eigenvalue weighted by molar-refractivity contribution is 0.0398. The molecule has 1 saturated heterocycles. The summed E-state index contributed by atoms with van der Waals surface area (Å²) in [6.45, 7) is 1.81. The molecule has 1 aromatic heterocycles. The third-order valence-electron chi connectivity index (χ3n) is 4.77. The Morgan fingerprint density at radius 3 is 2.77 bits per heavy atom. The van der Waals surface area contributed by atoms with Crippen molar-refractivity contribution in [1.82, 2.24) is 14.7 Å². The lowest BCUT2D eigenvalue weighted by Crippen LogP contribution is -2.47. The molecule has 1 aliphatic rings. The van der Waals surface area contributed by atoms with Crippen molar-refractivity contribution in [2.24, 2.45) is 18.2 Å². The van der Waals surface area contributed by atoms with E-state index in [9.17, 15) is 9.90 Å². The molecular formula is C16H22N4O2. The lowest BCUT2D eigenvalue weighted by atomic mass is 9.79. The van der Waals surface area contributed by atoms with Crippen LogP contribution in [-0.2, 0) is 7.05 Å². The first kappa shape index (κ1) is 15.0. The Balaban J connectivity index is 1.82. The van der Waals surface area contributed by atoms with Crippen LogP contribution >= 0.6 is 0 Å². The van der Waals surface area contributed by atoms with E-state index in [1.54, 1.807) is 4.68 Å². The van der Waals surface area contributed by atoms with Gasteiger partial charge in [-0.25, -0.2) is 0 Å². The van der Waals surface area contributed by atoms with E-state index in [1.165, 1.54) is 0 Å². The number of hydrogen-bond donors (Lipinski definition) is 2. The van der Waals surface area contributed by atoms with Crippen molar-refractivity contribution < 1.29 is 9.90 Å². The Bertz CT molecular complexity index is 681. The van der Waals surface area contributed by atoms with Crippen LogP contribution in [0.3, 0.4) is 0 Å². The maximum Gasteiger partial charge on any atom is 0.254 e. The molecule has 6 heteroatoms. The molecule has 0 bridgehead atoms. The molecule has 2 heterocycles. The summed E-state index contributed by atoms with van der Waals surface area (Å²) in [5.74, 6) is 0.0298. The number of piperidine rings is 1. The fourth-order valence-electron chi connectivity index (χ4n) is 3.13. The van der Waals surface area contributed by atoms with Crippen LogP contribution in [0, 0.1) is 5.41 Å². The normalized spacial score (nSPS) is 17.9. The van der Waals surface area contributed by atoms with Crippen LogP contribution in [-0.4, -0.2) is 51.9 Å². The van der Waals surface area contributed by atoms with E-state index in [0.717, 1.165) is 23.7 Å². The molecule has 3 rings (SSSR count). The first-order chi connectivity index (χ1) is 10.6. The second kappa shape index (κ2) is 5.70. The summed E-state index contributed by atoms with van der Waals surface area (Å²) in [5.41, 5.74) is 7.08. The number of aryl methyl sites for hydroxylation is 1. The van der Waals surface area contributed by atoms with Gasteiger partial charge in [0, 0.05) is 43.7 Å². The number of rotatable bonds is 3. The van der Waals surface area contributed by atoms with Crippen molar-refractivity contribution in [3.8, 4) is 0 Å². The maximum atomic E-state index is 12.8. The van der Waals surface area contributed by atoms with Gasteiger partial charge in [-0.1, -0.05) is 6.07 Å². The van der Waals surface area contributed by atoms with Crippen molar-refractivity contribution in [3.63, 3.8) is 0 Å². The first-order valence-corrected chi connectivity index (χ1v) is 7.61. The number of likely N-dealkylation sites (tertiary alicyclic amines) is 1. The second-order valence-electron chi connectivity index (χ2n) is 6.20. The van der Waals surface area contributed by atoms with Crippen molar-refractivity contribution in [1.29, 1.82) is 0 Å². The van der Waals surface area contributed by atoms with Crippen molar-refractivity contribution in [2.75, 3.05) is 26.2 Å². The summed E-state index contributed by atoms with van der Waals surface area (Å²) in [6, 6.07) is 5.63. The minimum absolute atomic E-state index is 0.0298. The number of benzene rings is 1. The highest BCUT2D eigenvalue weighted by molar-refractivity contribution is 6.06. The first-order valence-electron chi connectivity index (χ1n) is 7.61. The molecule has 2 aromatic rings. The zero-order chi connectivity index (χ0) is 15.7. The number of aliphatic hydroxyl groups is 1. The Morgan fingerprint density at radius 1 is 1.41 bits per heavy atom. The zero-order valence-corrected chi connectivity index (χ0v) is 12.8. The van der Waals surface area contributed by atoms with Gasteiger partial charge in [-0.15, -0.1) is 0 Å². The summed E-state index contributed by atoms with van der Waals surface area (Å²) in [5, 5.41) is 14.8. The van der Waals surface area contributed by atoms with Gasteiger partial charge >= 0.3 is 0 Å². The molecule has 3 N–H and O–H groups in total. The predicted octanol–water partition coefficient (Wildman–Crippen LogP) is 0.747. The fraction of sp³-hybridized carbons (Fsp3) is 0.500. The molecule has 0 spiro atoms. The van der Waals surface area contributed by atoms with E-state index in [-0.39, 0.29) is 17.9 Å². The van der Waals surface area contributed by atoms with Crippen molar-refractivity contribution in [2.45, 2.75) is 12.8 Å². The molecule has 0 saturated carbocycles. The minimum atomic E-state index is -0.225. The van der Waals surface area contributed by atoms with Crippen LogP contribution in [0.15, 0.2) is 24.4 Å². The Labute approximate surface area is 129 Å². The number of fused-ring (bicyclic) bond motifs is 1. The summed E-state index contributed by atoms with van der Waals surface area (Å²) in [4.78, 5) is 14.7. The average Bonchev–Trinajstić information content (AvgIpc) is 2.94. The molecule has 0 aliphatic carbocycles. The molecule has 0 unspecified atom stereocenters. The molecule has 0 atom stereocenters. The molecular weight excluding hydrogens is 280 g/mol. The van der Waals surface area contributed by atoms with Crippen molar-refractivity contribution >= 4 is 16.8 Å². The third kappa shape index (κ3) is 2.48. The molecule has 1 amide bonds. The van der Waals surface area contributed by atoms with Gasteiger partial charge in [-0.05, 0) is 25.0 Å². The van der Waals surface area contributed by atoms with Gasteiger partial charge in [0.15, 0.2) is 0 Å². The fourth-order valence-corrected chi connectivity index (χ4v) is 3.13. The smallest absolute Gasteiger partial charge is 0.254 e. The number of hydrogen-bond acceptors (Lipinski definition) is 4. The summed E-state index contributed by atoms with van der Waals surface area (Å²) < 4.78 is 1.73. The Hall–Kier alpha value is -1.92.